The molecule has 4 aromatic rings. The Morgan fingerprint density at radius 2 is 2.03 bits per heavy atom. The van der Waals surface area contributed by atoms with Crippen molar-refractivity contribution in [2.45, 2.75) is 44.1 Å². The number of hydrogen-bond acceptors (Lipinski definition) is 7. The number of aryl methyl sites for hydroxylation is 1. The largest absolute Gasteiger partial charge is 0.390 e. The summed E-state index contributed by atoms with van der Waals surface area (Å²) in [6, 6.07) is 9.88. The van der Waals surface area contributed by atoms with E-state index < -0.39 is 17.6 Å². The second-order valence-corrected chi connectivity index (χ2v) is 9.83. The van der Waals surface area contributed by atoms with Crippen LogP contribution >= 0.6 is 11.6 Å². The predicted octanol–water partition coefficient (Wildman–Crippen LogP) is 2.91. The molecule has 6 rings (SSSR count). The van der Waals surface area contributed by atoms with Crippen LogP contribution in [-0.4, -0.2) is 48.5 Å². The summed E-state index contributed by atoms with van der Waals surface area (Å²) in [5.74, 6) is 0.407. The molecule has 1 aliphatic heterocycles. The molecule has 2 fully saturated rings. The average Bonchev–Trinajstić information content (AvgIpc) is 3.48. The van der Waals surface area contributed by atoms with Crippen LogP contribution in [0.2, 0.25) is 5.15 Å². The second-order valence-electron chi connectivity index (χ2n) is 9.47. The molecule has 2 aliphatic rings. The number of nitrogens with one attached hydrogen (secondary N) is 1. The standard InChI is InChI=1S/C24H25ClN6O2/c1-12-6-13-2-3-14(7-16(13)30-21(12)25)17-8-24(10-27-17)9-18(19(32)20(24)33)31-5-4-15-22(26)28-11-29-23(15)31/h2-7,11,17-20,27,32-33H,8-10H2,1H3,(H2,26,28,29)/t17-,18-,19+,20+,24+/m1/s1. The van der Waals surface area contributed by atoms with Gasteiger partial charge in [0.15, 0.2) is 0 Å². The van der Waals surface area contributed by atoms with Gasteiger partial charge >= 0.3 is 0 Å². The number of pyridine rings is 1. The van der Waals surface area contributed by atoms with Crippen LogP contribution in [0, 0.1) is 12.3 Å². The van der Waals surface area contributed by atoms with Gasteiger partial charge in [0.05, 0.1) is 23.0 Å². The second kappa shape index (κ2) is 7.36. The minimum atomic E-state index is -0.905. The van der Waals surface area contributed by atoms with E-state index in [0.29, 0.717) is 36.0 Å². The first kappa shape index (κ1) is 20.8. The normalized spacial score (nSPS) is 29.6. The summed E-state index contributed by atoms with van der Waals surface area (Å²) in [5.41, 5.74) is 9.12. The minimum Gasteiger partial charge on any atom is -0.390 e. The Bertz CT molecular complexity index is 1390. The van der Waals surface area contributed by atoms with Gasteiger partial charge in [0.2, 0.25) is 0 Å². The number of hydrogen-bond donors (Lipinski definition) is 4. The molecule has 0 unspecified atom stereocenters. The Hall–Kier alpha value is -2.78. The van der Waals surface area contributed by atoms with Crippen LogP contribution in [0.5, 0.6) is 0 Å². The molecule has 4 heterocycles. The number of anilines is 1. The van der Waals surface area contributed by atoms with Gasteiger partial charge < -0.3 is 25.8 Å². The van der Waals surface area contributed by atoms with Crippen molar-refractivity contribution in [1.82, 2.24) is 24.8 Å². The van der Waals surface area contributed by atoms with Crippen LogP contribution in [0.15, 0.2) is 42.9 Å². The Balaban J connectivity index is 1.30. The summed E-state index contributed by atoms with van der Waals surface area (Å²) in [4.78, 5) is 12.9. The molecule has 33 heavy (non-hydrogen) atoms. The highest BCUT2D eigenvalue weighted by atomic mass is 35.5. The zero-order valence-electron chi connectivity index (χ0n) is 18.1. The van der Waals surface area contributed by atoms with Crippen molar-refractivity contribution in [2.24, 2.45) is 5.41 Å². The van der Waals surface area contributed by atoms with Crippen molar-refractivity contribution in [1.29, 1.82) is 0 Å². The fourth-order valence-electron chi connectivity index (χ4n) is 5.73. The Morgan fingerprint density at radius 3 is 2.88 bits per heavy atom. The van der Waals surface area contributed by atoms with Crippen molar-refractivity contribution >= 4 is 39.4 Å². The summed E-state index contributed by atoms with van der Waals surface area (Å²) in [5, 5.41) is 28.1. The summed E-state index contributed by atoms with van der Waals surface area (Å²) < 4.78 is 1.92. The molecule has 1 saturated carbocycles. The predicted molar refractivity (Wildman–Crippen MR) is 127 cm³/mol. The van der Waals surface area contributed by atoms with Crippen molar-refractivity contribution in [2.75, 3.05) is 12.3 Å². The van der Waals surface area contributed by atoms with E-state index in [2.05, 4.69) is 38.5 Å². The number of nitrogens with zero attached hydrogens (tertiary/aromatic N) is 4. The van der Waals surface area contributed by atoms with Crippen LogP contribution in [0.25, 0.3) is 21.9 Å². The molecule has 1 aromatic carbocycles. The number of fused-ring (bicyclic) bond motifs is 2. The maximum Gasteiger partial charge on any atom is 0.145 e. The van der Waals surface area contributed by atoms with Crippen LogP contribution in [0.4, 0.5) is 5.82 Å². The number of halogens is 1. The van der Waals surface area contributed by atoms with Crippen molar-refractivity contribution < 1.29 is 10.2 Å². The molecule has 0 radical (unpaired) electrons. The van der Waals surface area contributed by atoms with Gasteiger partial charge in [-0.3, -0.25) is 0 Å². The fourth-order valence-corrected chi connectivity index (χ4v) is 5.87. The zero-order chi connectivity index (χ0) is 22.9. The molecule has 170 valence electrons. The van der Waals surface area contributed by atoms with E-state index >= 15 is 0 Å². The first-order chi connectivity index (χ1) is 15.9. The van der Waals surface area contributed by atoms with Gasteiger partial charge in [-0.1, -0.05) is 23.7 Å². The van der Waals surface area contributed by atoms with E-state index in [0.717, 1.165) is 27.4 Å². The van der Waals surface area contributed by atoms with Crippen LogP contribution < -0.4 is 11.1 Å². The van der Waals surface area contributed by atoms with Gasteiger partial charge in [0.25, 0.3) is 0 Å². The zero-order valence-corrected chi connectivity index (χ0v) is 18.9. The van der Waals surface area contributed by atoms with E-state index in [1.807, 2.05) is 29.8 Å². The maximum absolute atomic E-state index is 11.2. The third kappa shape index (κ3) is 3.13. The lowest BCUT2D eigenvalue weighted by Crippen LogP contribution is -2.38. The maximum atomic E-state index is 11.2. The lowest BCUT2D eigenvalue weighted by molar-refractivity contribution is -0.0218. The third-order valence-corrected chi connectivity index (χ3v) is 7.92. The molecule has 0 bridgehead atoms. The highest BCUT2D eigenvalue weighted by molar-refractivity contribution is 6.30. The molecule has 9 heteroatoms. The first-order valence-corrected chi connectivity index (χ1v) is 11.5. The lowest BCUT2D eigenvalue weighted by atomic mass is 9.80. The molecule has 3 aromatic heterocycles. The first-order valence-electron chi connectivity index (χ1n) is 11.1. The van der Waals surface area contributed by atoms with Crippen LogP contribution in [-0.2, 0) is 0 Å². The van der Waals surface area contributed by atoms with Crippen molar-refractivity contribution in [3.8, 4) is 0 Å². The summed E-state index contributed by atoms with van der Waals surface area (Å²) >= 11 is 6.24. The smallest absolute Gasteiger partial charge is 0.145 e. The molecule has 8 nitrogen and oxygen atoms in total. The minimum absolute atomic E-state index is 0.0521. The van der Waals surface area contributed by atoms with E-state index in [9.17, 15) is 10.2 Å². The molecular formula is C24H25ClN6O2. The van der Waals surface area contributed by atoms with E-state index in [-0.39, 0.29) is 12.1 Å². The monoisotopic (exact) mass is 464 g/mol. The number of aliphatic hydroxyl groups excluding tert-OH is 2. The van der Waals surface area contributed by atoms with E-state index in [1.165, 1.54) is 6.33 Å². The molecule has 5 atom stereocenters. The Kier molecular flexibility index (Phi) is 4.64. The highest BCUT2D eigenvalue weighted by Crippen LogP contribution is 2.52. The third-order valence-electron chi connectivity index (χ3n) is 7.54. The SMILES string of the molecule is Cc1cc2ccc([C@H]3C[C@@]4(CN3)C[C@@H](n3ccc5c(N)ncnc53)[C@H](O)[C@@H]4O)cc2nc1Cl. The van der Waals surface area contributed by atoms with Crippen LogP contribution in [0.1, 0.15) is 36.1 Å². The quantitative estimate of drug-likeness (QED) is 0.336. The fraction of sp³-hybridized carbons (Fsp3) is 0.375. The van der Waals surface area contributed by atoms with Gasteiger partial charge in [0, 0.05) is 29.6 Å². The number of benzene rings is 1. The number of nitrogen functional groups attached to an aromatic ring is 1. The molecule has 1 saturated heterocycles. The summed E-state index contributed by atoms with van der Waals surface area (Å²) in [6.07, 6.45) is 2.88. The summed E-state index contributed by atoms with van der Waals surface area (Å²) in [6.45, 7) is 2.56. The van der Waals surface area contributed by atoms with Crippen molar-refractivity contribution in [3.63, 3.8) is 0 Å². The number of rotatable bonds is 2. The summed E-state index contributed by atoms with van der Waals surface area (Å²) in [7, 11) is 0. The average molecular weight is 465 g/mol. The topological polar surface area (TPSA) is 122 Å². The number of nitrogens with two attached hydrogens (primary N) is 1. The number of aliphatic hydroxyl groups is 2. The van der Waals surface area contributed by atoms with Gasteiger partial charge in [-0.15, -0.1) is 0 Å². The molecule has 1 spiro atoms. The lowest BCUT2D eigenvalue weighted by Gasteiger charge is -2.27. The van der Waals surface area contributed by atoms with E-state index in [4.69, 9.17) is 17.3 Å². The molecular weight excluding hydrogens is 440 g/mol. The number of aromatic nitrogens is 4. The van der Waals surface area contributed by atoms with Gasteiger partial charge in [-0.2, -0.15) is 0 Å². The highest BCUT2D eigenvalue weighted by Gasteiger charge is 2.56. The van der Waals surface area contributed by atoms with Crippen LogP contribution in [0.3, 0.4) is 0 Å². The van der Waals surface area contributed by atoms with Gasteiger partial charge in [-0.05, 0) is 49.1 Å². The molecule has 1 aliphatic carbocycles. The molecule has 0 amide bonds. The van der Waals surface area contributed by atoms with Crippen molar-refractivity contribution in [3.05, 3.63) is 59.1 Å². The Labute approximate surface area is 195 Å². The molecule has 5 N–H and O–H groups in total. The van der Waals surface area contributed by atoms with E-state index in [1.54, 1.807) is 0 Å². The van der Waals surface area contributed by atoms with Gasteiger partial charge in [-0.25, -0.2) is 15.0 Å². The Morgan fingerprint density at radius 1 is 1.18 bits per heavy atom. The van der Waals surface area contributed by atoms with Gasteiger partial charge in [0.1, 0.15) is 29.0 Å².